The zero-order valence-electron chi connectivity index (χ0n) is 13.7. The summed E-state index contributed by atoms with van der Waals surface area (Å²) in [6.45, 7) is 0. The van der Waals surface area contributed by atoms with E-state index in [1.54, 1.807) is 41.9 Å². The van der Waals surface area contributed by atoms with Crippen molar-refractivity contribution in [1.29, 1.82) is 5.26 Å². The fraction of sp³-hybridized carbons (Fsp3) is 0.111. The van der Waals surface area contributed by atoms with Crippen LogP contribution in [0.2, 0.25) is 0 Å². The van der Waals surface area contributed by atoms with Crippen LogP contribution in [-0.2, 0) is 16.4 Å². The Balaban J connectivity index is 1.91. The van der Waals surface area contributed by atoms with Gasteiger partial charge >= 0.3 is 0 Å². The summed E-state index contributed by atoms with van der Waals surface area (Å²) in [7, 11) is -3.77. The van der Waals surface area contributed by atoms with Gasteiger partial charge in [0.15, 0.2) is 0 Å². The second-order valence-electron chi connectivity index (χ2n) is 5.63. The van der Waals surface area contributed by atoms with Crippen molar-refractivity contribution in [3.05, 3.63) is 76.2 Å². The molecule has 0 fully saturated rings. The van der Waals surface area contributed by atoms with Crippen LogP contribution >= 0.6 is 11.3 Å². The van der Waals surface area contributed by atoms with E-state index < -0.39 is 16.1 Å². The third kappa shape index (κ3) is 4.26. The molecule has 0 aliphatic heterocycles. The standard InChI is InChI=1S/C18H16N4O2S2/c19-12-14-4-1-3-13(9-14)10-17(18-21-7-8-25-18)22-26(23,24)16-6-2-5-15(20)11-16/h1-9,11,17,22H,10,20H2. The summed E-state index contributed by atoms with van der Waals surface area (Å²) in [5, 5.41) is 11.5. The van der Waals surface area contributed by atoms with Gasteiger partial charge in [-0.1, -0.05) is 18.2 Å². The largest absolute Gasteiger partial charge is 0.399 e. The summed E-state index contributed by atoms with van der Waals surface area (Å²) in [4.78, 5) is 4.35. The van der Waals surface area contributed by atoms with E-state index in [0.29, 0.717) is 22.7 Å². The first-order valence-electron chi connectivity index (χ1n) is 7.74. The summed E-state index contributed by atoms with van der Waals surface area (Å²) in [6.07, 6.45) is 2.01. The van der Waals surface area contributed by atoms with Crippen LogP contribution in [0.1, 0.15) is 22.2 Å². The van der Waals surface area contributed by atoms with Crippen LogP contribution < -0.4 is 10.5 Å². The average molecular weight is 384 g/mol. The number of hydrogen-bond acceptors (Lipinski definition) is 6. The maximum absolute atomic E-state index is 12.8. The third-order valence-electron chi connectivity index (χ3n) is 3.71. The number of aromatic nitrogens is 1. The van der Waals surface area contributed by atoms with Gasteiger partial charge in [0.05, 0.1) is 22.6 Å². The fourth-order valence-corrected chi connectivity index (χ4v) is 4.55. The van der Waals surface area contributed by atoms with Crippen molar-refractivity contribution < 1.29 is 8.42 Å². The molecule has 8 heteroatoms. The lowest BCUT2D eigenvalue weighted by atomic mass is 10.0. The molecule has 3 aromatic rings. The summed E-state index contributed by atoms with van der Waals surface area (Å²) in [5.74, 6) is 0. The molecule has 1 aromatic heterocycles. The fourth-order valence-electron chi connectivity index (χ4n) is 2.53. The maximum Gasteiger partial charge on any atom is 0.241 e. The molecule has 3 rings (SSSR count). The van der Waals surface area contributed by atoms with Crippen molar-refractivity contribution in [2.45, 2.75) is 17.4 Å². The molecule has 1 unspecified atom stereocenters. The summed E-state index contributed by atoms with van der Waals surface area (Å²) >= 11 is 1.37. The first kappa shape index (κ1) is 18.1. The van der Waals surface area contributed by atoms with E-state index >= 15 is 0 Å². The predicted octanol–water partition coefficient (Wildman–Crippen LogP) is 2.86. The number of nitrogen functional groups attached to an aromatic ring is 1. The molecular formula is C18H16N4O2S2. The van der Waals surface area contributed by atoms with Gasteiger partial charge in [0.2, 0.25) is 10.0 Å². The Morgan fingerprint density at radius 1 is 1.23 bits per heavy atom. The number of nitrogens with two attached hydrogens (primary N) is 1. The topological polar surface area (TPSA) is 109 Å². The van der Waals surface area contributed by atoms with E-state index in [4.69, 9.17) is 11.0 Å². The highest BCUT2D eigenvalue weighted by molar-refractivity contribution is 7.89. The number of nitrogens with zero attached hydrogens (tertiary/aromatic N) is 2. The molecular weight excluding hydrogens is 368 g/mol. The van der Waals surface area contributed by atoms with Gasteiger partial charge < -0.3 is 5.73 Å². The van der Waals surface area contributed by atoms with E-state index in [-0.39, 0.29) is 4.90 Å². The minimum Gasteiger partial charge on any atom is -0.399 e. The van der Waals surface area contributed by atoms with Crippen molar-refractivity contribution in [3.63, 3.8) is 0 Å². The lowest BCUT2D eigenvalue weighted by molar-refractivity contribution is 0.554. The van der Waals surface area contributed by atoms with Crippen molar-refractivity contribution in [2.75, 3.05) is 5.73 Å². The van der Waals surface area contributed by atoms with Crippen LogP contribution in [0.25, 0.3) is 0 Å². The molecule has 0 radical (unpaired) electrons. The van der Waals surface area contributed by atoms with Gasteiger partial charge in [0.1, 0.15) is 5.01 Å². The van der Waals surface area contributed by atoms with Crippen LogP contribution in [-0.4, -0.2) is 13.4 Å². The highest BCUT2D eigenvalue weighted by Crippen LogP contribution is 2.24. The number of rotatable bonds is 6. The number of nitriles is 1. The van der Waals surface area contributed by atoms with Crippen molar-refractivity contribution in [2.24, 2.45) is 0 Å². The number of anilines is 1. The molecule has 26 heavy (non-hydrogen) atoms. The second kappa shape index (κ2) is 7.66. The van der Waals surface area contributed by atoms with Gasteiger partial charge in [-0.05, 0) is 42.3 Å². The van der Waals surface area contributed by atoms with E-state index in [9.17, 15) is 8.42 Å². The Hall–Kier alpha value is -2.73. The van der Waals surface area contributed by atoms with Crippen LogP contribution in [0.3, 0.4) is 0 Å². The Kier molecular flexibility index (Phi) is 5.32. The number of nitrogens with one attached hydrogen (secondary N) is 1. The molecule has 6 nitrogen and oxygen atoms in total. The Morgan fingerprint density at radius 3 is 2.73 bits per heavy atom. The molecule has 1 atom stereocenters. The molecule has 0 aliphatic rings. The molecule has 3 N–H and O–H groups in total. The molecule has 132 valence electrons. The molecule has 2 aromatic carbocycles. The van der Waals surface area contributed by atoms with Gasteiger partial charge in [0, 0.05) is 17.3 Å². The zero-order chi connectivity index (χ0) is 18.6. The molecule has 0 saturated carbocycles. The molecule has 0 aliphatic carbocycles. The van der Waals surface area contributed by atoms with Crippen molar-refractivity contribution >= 4 is 27.0 Å². The van der Waals surface area contributed by atoms with E-state index in [0.717, 1.165) is 5.56 Å². The SMILES string of the molecule is N#Cc1cccc(CC(NS(=O)(=O)c2cccc(N)c2)c2nccs2)c1. The van der Waals surface area contributed by atoms with Gasteiger partial charge in [-0.3, -0.25) is 0 Å². The van der Waals surface area contributed by atoms with E-state index in [1.807, 2.05) is 6.07 Å². The minimum absolute atomic E-state index is 0.102. The number of benzene rings is 2. The minimum atomic E-state index is -3.77. The molecule has 0 saturated heterocycles. The van der Waals surface area contributed by atoms with Crippen LogP contribution in [0.15, 0.2) is 65.0 Å². The Bertz CT molecular complexity index is 1040. The maximum atomic E-state index is 12.8. The highest BCUT2D eigenvalue weighted by atomic mass is 32.2. The first-order valence-corrected chi connectivity index (χ1v) is 10.1. The normalized spacial score (nSPS) is 12.4. The molecule has 0 spiro atoms. The average Bonchev–Trinajstić information content (AvgIpc) is 3.16. The smallest absolute Gasteiger partial charge is 0.241 e. The van der Waals surface area contributed by atoms with Crippen molar-refractivity contribution in [3.8, 4) is 6.07 Å². The third-order valence-corrected chi connectivity index (χ3v) is 6.07. The number of thiazole rings is 1. The molecule has 0 bridgehead atoms. The zero-order valence-corrected chi connectivity index (χ0v) is 15.3. The lowest BCUT2D eigenvalue weighted by Crippen LogP contribution is -2.30. The summed E-state index contributed by atoms with van der Waals surface area (Å²) in [5.41, 5.74) is 7.45. The van der Waals surface area contributed by atoms with Gasteiger partial charge in [-0.15, -0.1) is 11.3 Å². The first-order chi connectivity index (χ1) is 12.5. The predicted molar refractivity (Wildman–Crippen MR) is 101 cm³/mol. The summed E-state index contributed by atoms with van der Waals surface area (Å²) < 4.78 is 28.2. The van der Waals surface area contributed by atoms with E-state index in [1.165, 1.54) is 23.5 Å². The number of hydrogen-bond donors (Lipinski definition) is 2. The second-order valence-corrected chi connectivity index (χ2v) is 8.27. The lowest BCUT2D eigenvalue weighted by Gasteiger charge is -2.17. The van der Waals surface area contributed by atoms with Crippen LogP contribution in [0.5, 0.6) is 0 Å². The number of sulfonamides is 1. The molecule has 1 heterocycles. The summed E-state index contributed by atoms with van der Waals surface area (Å²) in [6, 6.07) is 14.8. The highest BCUT2D eigenvalue weighted by Gasteiger charge is 2.23. The Morgan fingerprint density at radius 2 is 2.04 bits per heavy atom. The van der Waals surface area contributed by atoms with Gasteiger partial charge in [-0.2, -0.15) is 5.26 Å². The quantitative estimate of drug-likeness (QED) is 0.635. The Labute approximate surface area is 156 Å². The van der Waals surface area contributed by atoms with E-state index in [2.05, 4.69) is 15.8 Å². The van der Waals surface area contributed by atoms with Gasteiger partial charge in [0.25, 0.3) is 0 Å². The molecule has 0 amide bonds. The van der Waals surface area contributed by atoms with Crippen LogP contribution in [0, 0.1) is 11.3 Å². The monoisotopic (exact) mass is 384 g/mol. The van der Waals surface area contributed by atoms with Crippen LogP contribution in [0.4, 0.5) is 5.69 Å². The van der Waals surface area contributed by atoms with Crippen molar-refractivity contribution in [1.82, 2.24) is 9.71 Å². The van der Waals surface area contributed by atoms with Gasteiger partial charge in [-0.25, -0.2) is 18.1 Å².